The maximum absolute atomic E-state index is 5.66. The third kappa shape index (κ3) is 6.42. The van der Waals surface area contributed by atoms with Crippen molar-refractivity contribution < 1.29 is 4.42 Å². The maximum atomic E-state index is 5.66. The maximum Gasteiger partial charge on any atom is 0.297 e. The van der Waals surface area contributed by atoms with E-state index >= 15 is 0 Å². The molecule has 20 heavy (non-hydrogen) atoms. The molecule has 4 nitrogen and oxygen atoms in total. The minimum absolute atomic E-state index is 0.100. The van der Waals surface area contributed by atoms with E-state index in [4.69, 9.17) is 4.42 Å². The van der Waals surface area contributed by atoms with Gasteiger partial charge in [-0.05, 0) is 33.6 Å². The van der Waals surface area contributed by atoms with Crippen LogP contribution in [0.4, 0.5) is 6.01 Å². The predicted molar refractivity (Wildman–Crippen MR) is 85.1 cm³/mol. The van der Waals surface area contributed by atoms with Gasteiger partial charge in [-0.2, -0.15) is 4.98 Å². The number of hydrogen-bond donors (Lipinski definition) is 1. The number of oxazole rings is 1. The summed E-state index contributed by atoms with van der Waals surface area (Å²) < 4.78 is 5.66. The van der Waals surface area contributed by atoms with Crippen LogP contribution in [0.15, 0.2) is 10.7 Å². The molecule has 1 rings (SSSR count). The van der Waals surface area contributed by atoms with Gasteiger partial charge >= 0.3 is 0 Å². The van der Waals surface area contributed by atoms with Crippen molar-refractivity contribution in [1.29, 1.82) is 0 Å². The Morgan fingerprint density at radius 2 is 1.75 bits per heavy atom. The Kier molecular flexibility index (Phi) is 7.06. The van der Waals surface area contributed by atoms with Crippen LogP contribution >= 0.6 is 0 Å². The summed E-state index contributed by atoms with van der Waals surface area (Å²) >= 11 is 0. The monoisotopic (exact) mass is 281 g/mol. The lowest BCUT2D eigenvalue weighted by Gasteiger charge is -2.20. The Hall–Kier alpha value is -1.03. The second-order valence-electron chi connectivity index (χ2n) is 6.42. The molecule has 0 aromatic carbocycles. The van der Waals surface area contributed by atoms with Crippen molar-refractivity contribution in [3.8, 4) is 0 Å². The van der Waals surface area contributed by atoms with Gasteiger partial charge in [0, 0.05) is 25.2 Å². The van der Waals surface area contributed by atoms with E-state index in [9.17, 15) is 0 Å². The molecule has 0 radical (unpaired) electrons. The molecule has 0 bridgehead atoms. The summed E-state index contributed by atoms with van der Waals surface area (Å²) in [6.07, 6.45) is 6.53. The van der Waals surface area contributed by atoms with E-state index < -0.39 is 0 Å². The largest absolute Gasteiger partial charge is 0.432 e. The quantitative estimate of drug-likeness (QED) is 0.743. The molecule has 0 amide bonds. The molecule has 1 N–H and O–H groups in total. The van der Waals surface area contributed by atoms with Crippen LogP contribution in [-0.4, -0.2) is 23.6 Å². The number of aromatic nitrogens is 1. The van der Waals surface area contributed by atoms with Gasteiger partial charge in [0.1, 0.15) is 6.26 Å². The summed E-state index contributed by atoms with van der Waals surface area (Å²) in [4.78, 5) is 6.89. The predicted octanol–water partition coefficient (Wildman–Crippen LogP) is 3.97. The summed E-state index contributed by atoms with van der Waals surface area (Å²) in [5.74, 6) is 0. The van der Waals surface area contributed by atoms with E-state index in [1.165, 1.54) is 25.7 Å². The Morgan fingerprint density at radius 3 is 2.25 bits per heavy atom. The van der Waals surface area contributed by atoms with Crippen LogP contribution in [0.3, 0.4) is 0 Å². The molecule has 0 atom stereocenters. The molecule has 0 aliphatic carbocycles. The van der Waals surface area contributed by atoms with Gasteiger partial charge in [-0.3, -0.25) is 0 Å². The van der Waals surface area contributed by atoms with E-state index in [1.807, 2.05) is 0 Å². The SMILES string of the molecule is CCCCN(CCCC)c1nc(CNC(C)(C)C)co1. The molecule has 0 aliphatic rings. The number of rotatable bonds is 9. The van der Waals surface area contributed by atoms with Crippen molar-refractivity contribution >= 4 is 6.01 Å². The summed E-state index contributed by atoms with van der Waals surface area (Å²) in [5.41, 5.74) is 1.08. The summed E-state index contributed by atoms with van der Waals surface area (Å²) in [7, 11) is 0. The summed E-state index contributed by atoms with van der Waals surface area (Å²) in [5, 5.41) is 3.44. The molecule has 1 heterocycles. The van der Waals surface area contributed by atoms with Crippen LogP contribution in [0.1, 0.15) is 66.0 Å². The Balaban J connectivity index is 2.59. The lowest BCUT2D eigenvalue weighted by Crippen LogP contribution is -2.35. The highest BCUT2D eigenvalue weighted by Crippen LogP contribution is 2.16. The fourth-order valence-electron chi connectivity index (χ4n) is 1.88. The fourth-order valence-corrected chi connectivity index (χ4v) is 1.88. The molecule has 0 saturated heterocycles. The first-order valence-electron chi connectivity index (χ1n) is 7.90. The first-order valence-corrected chi connectivity index (χ1v) is 7.90. The number of unbranched alkanes of at least 4 members (excludes halogenated alkanes) is 2. The van der Waals surface area contributed by atoms with E-state index in [2.05, 4.69) is 49.8 Å². The van der Waals surface area contributed by atoms with E-state index in [1.54, 1.807) is 6.26 Å². The lowest BCUT2D eigenvalue weighted by atomic mass is 10.1. The zero-order valence-electron chi connectivity index (χ0n) is 13.8. The zero-order chi connectivity index (χ0) is 15.0. The second-order valence-corrected chi connectivity index (χ2v) is 6.42. The number of nitrogens with one attached hydrogen (secondary N) is 1. The topological polar surface area (TPSA) is 41.3 Å². The smallest absolute Gasteiger partial charge is 0.297 e. The third-order valence-electron chi connectivity index (χ3n) is 3.17. The highest BCUT2D eigenvalue weighted by atomic mass is 16.4. The molecular formula is C16H31N3O. The van der Waals surface area contributed by atoms with Crippen molar-refractivity contribution in [2.75, 3.05) is 18.0 Å². The molecule has 0 fully saturated rings. The Bertz CT molecular complexity index is 360. The zero-order valence-corrected chi connectivity index (χ0v) is 13.8. The minimum Gasteiger partial charge on any atom is -0.432 e. The second kappa shape index (κ2) is 8.30. The van der Waals surface area contributed by atoms with Gasteiger partial charge in [-0.1, -0.05) is 26.7 Å². The van der Waals surface area contributed by atoms with Gasteiger partial charge in [0.15, 0.2) is 0 Å². The van der Waals surface area contributed by atoms with Crippen molar-refractivity contribution in [1.82, 2.24) is 10.3 Å². The third-order valence-corrected chi connectivity index (χ3v) is 3.17. The molecule has 1 aromatic rings. The average molecular weight is 281 g/mol. The van der Waals surface area contributed by atoms with Crippen LogP contribution in [0.2, 0.25) is 0 Å². The van der Waals surface area contributed by atoms with Crippen LogP contribution in [-0.2, 0) is 6.54 Å². The standard InChI is InChI=1S/C16H31N3O/c1-6-8-10-19(11-9-7-2)15-18-14(13-20-15)12-17-16(3,4)5/h13,17H,6-12H2,1-5H3. The summed E-state index contributed by atoms with van der Waals surface area (Å²) in [6.45, 7) is 13.7. The van der Waals surface area contributed by atoms with Gasteiger partial charge in [0.2, 0.25) is 0 Å². The number of hydrogen-bond acceptors (Lipinski definition) is 4. The van der Waals surface area contributed by atoms with Gasteiger partial charge in [-0.15, -0.1) is 0 Å². The van der Waals surface area contributed by atoms with Crippen LogP contribution in [0.5, 0.6) is 0 Å². The van der Waals surface area contributed by atoms with Crippen molar-refractivity contribution in [2.24, 2.45) is 0 Å². The molecule has 116 valence electrons. The summed E-state index contributed by atoms with van der Waals surface area (Å²) in [6, 6.07) is 0.776. The number of nitrogens with zero attached hydrogens (tertiary/aromatic N) is 2. The molecule has 4 heteroatoms. The van der Waals surface area contributed by atoms with Gasteiger partial charge in [-0.25, -0.2) is 0 Å². The Labute approximate surface area is 123 Å². The molecule has 0 spiro atoms. The molecule has 0 aliphatic heterocycles. The van der Waals surface area contributed by atoms with Crippen LogP contribution < -0.4 is 10.2 Å². The van der Waals surface area contributed by atoms with Crippen LogP contribution in [0, 0.1) is 0 Å². The normalized spacial score (nSPS) is 11.8. The molecular weight excluding hydrogens is 250 g/mol. The highest BCUT2D eigenvalue weighted by Gasteiger charge is 2.14. The van der Waals surface area contributed by atoms with Crippen molar-refractivity contribution in [2.45, 2.75) is 72.4 Å². The average Bonchev–Trinajstić information content (AvgIpc) is 2.84. The van der Waals surface area contributed by atoms with Crippen LogP contribution in [0.25, 0.3) is 0 Å². The molecule has 1 aromatic heterocycles. The first-order chi connectivity index (χ1) is 9.46. The van der Waals surface area contributed by atoms with E-state index in [0.29, 0.717) is 0 Å². The van der Waals surface area contributed by atoms with Gasteiger partial charge in [0.25, 0.3) is 6.01 Å². The number of anilines is 1. The molecule has 0 saturated carbocycles. The lowest BCUT2D eigenvalue weighted by molar-refractivity contribution is 0.421. The highest BCUT2D eigenvalue weighted by molar-refractivity contribution is 5.26. The van der Waals surface area contributed by atoms with E-state index in [0.717, 1.165) is 31.3 Å². The van der Waals surface area contributed by atoms with E-state index in [-0.39, 0.29) is 5.54 Å². The van der Waals surface area contributed by atoms with Gasteiger partial charge in [0.05, 0.1) is 5.69 Å². The first kappa shape index (κ1) is 17.0. The van der Waals surface area contributed by atoms with Gasteiger partial charge < -0.3 is 14.6 Å². The fraction of sp³-hybridized carbons (Fsp3) is 0.812. The Morgan fingerprint density at radius 1 is 1.15 bits per heavy atom. The molecule has 0 unspecified atom stereocenters. The van der Waals surface area contributed by atoms with Crippen molar-refractivity contribution in [3.05, 3.63) is 12.0 Å². The minimum atomic E-state index is 0.100. The van der Waals surface area contributed by atoms with Crippen molar-refractivity contribution in [3.63, 3.8) is 0 Å².